The molecule has 1 amide bonds. The summed E-state index contributed by atoms with van der Waals surface area (Å²) in [6, 6.07) is -0.511. The van der Waals surface area contributed by atoms with Gasteiger partial charge in [0.15, 0.2) is 5.13 Å². The number of carboxylic acids is 1. The highest BCUT2D eigenvalue weighted by atomic mass is 127. The Bertz CT molecular complexity index is 796. The van der Waals surface area contributed by atoms with E-state index in [-0.39, 0.29) is 23.5 Å². The van der Waals surface area contributed by atoms with Crippen molar-refractivity contribution < 1.29 is 19.5 Å². The molecular weight excluding hydrogens is 493 g/mol. The number of thiazole rings is 1. The first kappa shape index (κ1) is 19.4. The third kappa shape index (κ3) is 3.54. The van der Waals surface area contributed by atoms with Crippen molar-refractivity contribution in [2.45, 2.75) is 11.4 Å². The number of hydrogen-bond acceptors (Lipinski definition) is 10. The smallest absolute Gasteiger partial charge is 0.248 e. The molecule has 0 unspecified atom stereocenters. The number of β-lactam (4-membered cyclic amide) rings is 1. The number of nitrogens with two attached hydrogens (primary N) is 1. The average Bonchev–Trinajstić information content (AvgIpc) is 3.05. The van der Waals surface area contributed by atoms with Crippen LogP contribution in [-0.4, -0.2) is 62.7 Å². The van der Waals surface area contributed by atoms with E-state index in [2.05, 4.69) is 38.0 Å². The molecule has 3 rings (SSSR count). The fraction of sp³-hybridized carbons (Fsp3) is 0.429. The number of nitrogen functional groups attached to an aromatic ring is 1. The molecule has 3 N–H and O–H groups in total. The highest BCUT2D eigenvalue weighted by Crippen LogP contribution is 2.40. The summed E-state index contributed by atoms with van der Waals surface area (Å²) in [7, 11) is 1.42. The van der Waals surface area contributed by atoms with E-state index in [4.69, 9.17) is 10.6 Å². The van der Waals surface area contributed by atoms with Crippen molar-refractivity contribution in [1.29, 1.82) is 0 Å². The number of carbonyl (C=O) groups excluding carboxylic acids is 2. The third-order valence-corrected chi connectivity index (χ3v) is 6.84. The van der Waals surface area contributed by atoms with Crippen LogP contribution in [0.5, 0.6) is 0 Å². The summed E-state index contributed by atoms with van der Waals surface area (Å²) >= 11 is 4.90. The number of amides is 1. The number of aliphatic carboxylic acids is 1. The van der Waals surface area contributed by atoms with Crippen molar-refractivity contribution in [3.63, 3.8) is 0 Å². The first-order valence-electron chi connectivity index (χ1n) is 7.46. The Kier molecular flexibility index (Phi) is 6.04. The number of alkyl halides is 1. The lowest BCUT2D eigenvalue weighted by Gasteiger charge is -2.51. The summed E-state index contributed by atoms with van der Waals surface area (Å²) in [5.41, 5.74) is 7.44. The largest absolute Gasteiger partial charge is 0.543 e. The summed E-state index contributed by atoms with van der Waals surface area (Å²) in [6.07, 6.45) is 0. The van der Waals surface area contributed by atoms with Crippen LogP contribution in [0.3, 0.4) is 0 Å². The van der Waals surface area contributed by atoms with E-state index in [1.807, 2.05) is 0 Å². The highest BCUT2D eigenvalue weighted by Gasteiger charge is 2.51. The molecule has 1 fully saturated rings. The number of hydrogen-bond donors (Lipinski definition) is 2. The molecule has 0 saturated carbocycles. The molecule has 1 aromatic heterocycles. The predicted molar refractivity (Wildman–Crippen MR) is 106 cm³/mol. The van der Waals surface area contributed by atoms with E-state index < -0.39 is 12.0 Å². The van der Waals surface area contributed by atoms with E-state index >= 15 is 0 Å². The van der Waals surface area contributed by atoms with Gasteiger partial charge in [0.25, 0.3) is 0 Å². The molecule has 2 aliphatic heterocycles. The molecule has 0 spiro atoms. The van der Waals surface area contributed by atoms with Gasteiger partial charge in [-0.1, -0.05) is 27.7 Å². The molecule has 1 saturated heterocycles. The van der Waals surface area contributed by atoms with Gasteiger partial charge in [0.1, 0.15) is 29.9 Å². The second-order valence-electron chi connectivity index (χ2n) is 5.43. The SMILES string of the molecule is CO/N=C(\CN[C@@H]1C(=O)N2C(C(=O)[O-])=C(CI)CS[C@H]12)c1csc(N)n1. The van der Waals surface area contributed by atoms with Gasteiger partial charge in [0, 0.05) is 22.1 Å². The van der Waals surface area contributed by atoms with Gasteiger partial charge < -0.3 is 20.5 Å². The third-order valence-electron chi connectivity index (χ3n) is 3.91. The fourth-order valence-corrected chi connectivity index (χ4v) is 5.68. The zero-order valence-electron chi connectivity index (χ0n) is 13.6. The summed E-state index contributed by atoms with van der Waals surface area (Å²) < 4.78 is 0.540. The van der Waals surface area contributed by atoms with Crippen molar-refractivity contribution in [3.05, 3.63) is 22.3 Å². The Hall–Kier alpha value is -1.38. The Morgan fingerprint density at radius 2 is 2.42 bits per heavy atom. The number of fused-ring (bicyclic) bond motifs is 1. The second kappa shape index (κ2) is 8.10. The summed E-state index contributed by atoms with van der Waals surface area (Å²) in [5, 5.41) is 20.4. The average molecular weight is 508 g/mol. The zero-order chi connectivity index (χ0) is 18.8. The molecule has 3 heterocycles. The number of carboxylic acid groups (broad SMARTS) is 1. The summed E-state index contributed by atoms with van der Waals surface area (Å²) in [5.74, 6) is -1.05. The number of anilines is 1. The maximum absolute atomic E-state index is 12.5. The molecule has 1 aromatic rings. The number of thioether (sulfide) groups is 1. The van der Waals surface area contributed by atoms with E-state index in [0.29, 0.717) is 32.3 Å². The van der Waals surface area contributed by atoms with Gasteiger partial charge in [-0.3, -0.25) is 15.0 Å². The lowest BCUT2D eigenvalue weighted by molar-refractivity contribution is -0.301. The molecular formula is C14H15IN5O4S2-. The van der Waals surface area contributed by atoms with Gasteiger partial charge in [-0.15, -0.1) is 23.1 Å². The van der Waals surface area contributed by atoms with Crippen LogP contribution >= 0.6 is 45.7 Å². The van der Waals surface area contributed by atoms with Crippen molar-refractivity contribution in [3.8, 4) is 0 Å². The highest BCUT2D eigenvalue weighted by molar-refractivity contribution is 14.1. The van der Waals surface area contributed by atoms with Crippen LogP contribution in [0.25, 0.3) is 0 Å². The van der Waals surface area contributed by atoms with E-state index in [1.54, 1.807) is 5.38 Å². The Balaban J connectivity index is 1.71. The molecule has 140 valence electrons. The molecule has 2 atom stereocenters. The van der Waals surface area contributed by atoms with Crippen LogP contribution in [0.1, 0.15) is 5.69 Å². The van der Waals surface area contributed by atoms with Crippen molar-refractivity contribution in [2.24, 2.45) is 5.16 Å². The molecule has 2 aliphatic rings. The quantitative estimate of drug-likeness (QED) is 0.164. The van der Waals surface area contributed by atoms with Gasteiger partial charge in [-0.2, -0.15) is 0 Å². The molecule has 0 aromatic carbocycles. The van der Waals surface area contributed by atoms with E-state index in [1.165, 1.54) is 35.1 Å². The lowest BCUT2D eigenvalue weighted by atomic mass is 10.0. The Morgan fingerprint density at radius 3 is 3.00 bits per heavy atom. The predicted octanol–water partition coefficient (Wildman–Crippen LogP) is -0.612. The summed E-state index contributed by atoms with van der Waals surface area (Å²) in [4.78, 5) is 34.3. The second-order valence-corrected chi connectivity index (χ2v) is 8.19. The van der Waals surface area contributed by atoms with Crippen molar-refractivity contribution in [2.75, 3.05) is 29.6 Å². The minimum atomic E-state index is -1.31. The fourth-order valence-electron chi connectivity index (χ4n) is 2.74. The van der Waals surface area contributed by atoms with Gasteiger partial charge in [0.05, 0.1) is 11.7 Å². The molecule has 0 radical (unpaired) electrons. The van der Waals surface area contributed by atoms with Crippen LogP contribution in [0.2, 0.25) is 0 Å². The molecule has 12 heteroatoms. The van der Waals surface area contributed by atoms with Gasteiger partial charge in [-0.05, 0) is 5.57 Å². The van der Waals surface area contributed by atoms with Crippen LogP contribution in [-0.2, 0) is 14.4 Å². The number of carbonyl (C=O) groups is 2. The first-order chi connectivity index (χ1) is 12.5. The van der Waals surface area contributed by atoms with Gasteiger partial charge in [-0.25, -0.2) is 4.98 Å². The van der Waals surface area contributed by atoms with Crippen LogP contribution in [0, 0.1) is 0 Å². The van der Waals surface area contributed by atoms with E-state index in [9.17, 15) is 14.7 Å². The van der Waals surface area contributed by atoms with Crippen molar-refractivity contribution in [1.82, 2.24) is 15.2 Å². The van der Waals surface area contributed by atoms with Gasteiger partial charge in [0.2, 0.25) is 5.91 Å². The maximum atomic E-state index is 12.5. The molecule has 26 heavy (non-hydrogen) atoms. The molecule has 0 aliphatic carbocycles. The minimum absolute atomic E-state index is 0.00394. The van der Waals surface area contributed by atoms with E-state index in [0.717, 1.165) is 0 Å². The number of halogens is 1. The first-order valence-corrected chi connectivity index (χ1v) is 10.9. The normalized spacial score (nSPS) is 22.9. The molecule has 9 nitrogen and oxygen atoms in total. The van der Waals surface area contributed by atoms with Crippen LogP contribution < -0.4 is 16.2 Å². The van der Waals surface area contributed by atoms with Crippen LogP contribution in [0.4, 0.5) is 5.13 Å². The van der Waals surface area contributed by atoms with Gasteiger partial charge >= 0.3 is 0 Å². The number of oxime groups is 1. The maximum Gasteiger partial charge on any atom is 0.248 e. The number of nitrogens with one attached hydrogen (secondary N) is 1. The van der Waals surface area contributed by atoms with Crippen molar-refractivity contribution >= 4 is 68.4 Å². The Labute approximate surface area is 171 Å². The lowest BCUT2D eigenvalue weighted by Crippen LogP contribution is -2.70. The standard InChI is InChI=1S/C14H16IN5O4S2/c1-24-19-7(8-5-26-14(16)18-8)3-17-9-11(21)20-10(13(22)23)6(2-15)4-25-12(9)20/h5,9,12,17H,2-4H2,1H3,(H2,16,18)(H,22,23)/p-1/b19-7+/t9-,12-/m1/s1. The zero-order valence-corrected chi connectivity index (χ0v) is 17.4. The topological polar surface area (TPSA) is 133 Å². The number of rotatable bonds is 7. The monoisotopic (exact) mass is 508 g/mol. The number of nitrogens with zero attached hydrogens (tertiary/aromatic N) is 3. The number of aromatic nitrogens is 1. The summed E-state index contributed by atoms with van der Waals surface area (Å²) in [6.45, 7) is 0.238. The Morgan fingerprint density at radius 1 is 1.65 bits per heavy atom. The minimum Gasteiger partial charge on any atom is -0.543 e. The van der Waals surface area contributed by atoms with Crippen LogP contribution in [0.15, 0.2) is 21.8 Å². The molecule has 0 bridgehead atoms.